The summed E-state index contributed by atoms with van der Waals surface area (Å²) in [5.74, 6) is 0. The van der Waals surface area contributed by atoms with E-state index in [0.29, 0.717) is 6.04 Å². The molecule has 0 spiro atoms. The van der Waals surface area contributed by atoms with Gasteiger partial charge in [0.05, 0.1) is 5.60 Å². The van der Waals surface area contributed by atoms with Gasteiger partial charge in [0.25, 0.3) is 0 Å². The zero-order valence-electron chi connectivity index (χ0n) is 11.2. The van der Waals surface area contributed by atoms with E-state index in [2.05, 4.69) is 39.9 Å². The fourth-order valence-corrected chi connectivity index (χ4v) is 1.73. The Hall–Kier alpha value is -0.0800. The van der Waals surface area contributed by atoms with E-state index in [1.54, 1.807) is 0 Å². The van der Waals surface area contributed by atoms with Crippen LogP contribution in [0.2, 0.25) is 0 Å². The molecule has 92 valence electrons. The second-order valence-electron chi connectivity index (χ2n) is 4.82. The smallest absolute Gasteiger partial charge is 0.0750 e. The predicted molar refractivity (Wildman–Crippen MR) is 67.3 cm³/mol. The van der Waals surface area contributed by atoms with Crippen LogP contribution in [0.3, 0.4) is 0 Å². The number of rotatable bonds is 9. The quantitative estimate of drug-likeness (QED) is 0.637. The highest BCUT2D eigenvalue weighted by atomic mass is 16.5. The van der Waals surface area contributed by atoms with Crippen LogP contribution in [0.4, 0.5) is 0 Å². The Balaban J connectivity index is 3.77. The lowest BCUT2D eigenvalue weighted by atomic mass is 10.1. The number of nitrogens with one attached hydrogen (secondary N) is 1. The molecule has 0 rings (SSSR count). The van der Waals surface area contributed by atoms with Gasteiger partial charge in [0.1, 0.15) is 0 Å². The number of ether oxygens (including phenoxy) is 1. The lowest BCUT2D eigenvalue weighted by Crippen LogP contribution is -2.42. The van der Waals surface area contributed by atoms with Gasteiger partial charge in [-0.05, 0) is 33.6 Å². The van der Waals surface area contributed by atoms with E-state index in [4.69, 9.17) is 4.74 Å². The second kappa shape index (κ2) is 8.12. The normalized spacial score (nSPS) is 14.2. The Morgan fingerprint density at radius 3 is 2.33 bits per heavy atom. The molecular weight excluding hydrogens is 186 g/mol. The van der Waals surface area contributed by atoms with Gasteiger partial charge in [-0.3, -0.25) is 0 Å². The standard InChI is InChI=1S/C13H29NO/c1-6-9-10-12(7-2)14-11-13(4,5)15-8-3/h12,14H,6-11H2,1-5H3. The number of hydrogen-bond acceptors (Lipinski definition) is 2. The van der Waals surface area contributed by atoms with Crippen molar-refractivity contribution >= 4 is 0 Å². The largest absolute Gasteiger partial charge is 0.375 e. The molecular formula is C13H29NO. The van der Waals surface area contributed by atoms with Gasteiger partial charge in [-0.2, -0.15) is 0 Å². The van der Waals surface area contributed by atoms with Crippen molar-refractivity contribution in [2.24, 2.45) is 0 Å². The maximum atomic E-state index is 5.67. The predicted octanol–water partition coefficient (Wildman–Crippen LogP) is 3.36. The molecule has 0 bridgehead atoms. The average molecular weight is 215 g/mol. The maximum absolute atomic E-state index is 5.67. The minimum absolute atomic E-state index is 0.0333. The third kappa shape index (κ3) is 7.80. The summed E-state index contributed by atoms with van der Waals surface area (Å²) in [4.78, 5) is 0. The SMILES string of the molecule is CCCCC(CC)NCC(C)(C)OCC. The molecule has 0 saturated heterocycles. The highest BCUT2D eigenvalue weighted by molar-refractivity contribution is 4.75. The van der Waals surface area contributed by atoms with Crippen LogP contribution in [0.25, 0.3) is 0 Å². The monoisotopic (exact) mass is 215 g/mol. The van der Waals surface area contributed by atoms with E-state index < -0.39 is 0 Å². The molecule has 0 aliphatic carbocycles. The van der Waals surface area contributed by atoms with Gasteiger partial charge in [0, 0.05) is 19.2 Å². The van der Waals surface area contributed by atoms with Gasteiger partial charge < -0.3 is 10.1 Å². The van der Waals surface area contributed by atoms with Gasteiger partial charge in [-0.25, -0.2) is 0 Å². The molecule has 0 aliphatic rings. The van der Waals surface area contributed by atoms with Crippen LogP contribution >= 0.6 is 0 Å². The highest BCUT2D eigenvalue weighted by Gasteiger charge is 2.18. The molecule has 0 aromatic rings. The first-order valence-electron chi connectivity index (χ1n) is 6.43. The maximum Gasteiger partial charge on any atom is 0.0750 e. The van der Waals surface area contributed by atoms with Crippen LogP contribution in [0, 0.1) is 0 Å². The van der Waals surface area contributed by atoms with E-state index in [1.165, 1.54) is 25.7 Å². The summed E-state index contributed by atoms with van der Waals surface area (Å²) in [6, 6.07) is 0.657. The average Bonchev–Trinajstić information content (AvgIpc) is 2.18. The van der Waals surface area contributed by atoms with Gasteiger partial charge in [-0.1, -0.05) is 26.7 Å². The minimum atomic E-state index is -0.0333. The van der Waals surface area contributed by atoms with Crippen LogP contribution in [0.1, 0.15) is 60.3 Å². The van der Waals surface area contributed by atoms with Crippen LogP contribution in [0.5, 0.6) is 0 Å². The fraction of sp³-hybridized carbons (Fsp3) is 1.00. The van der Waals surface area contributed by atoms with E-state index in [-0.39, 0.29) is 5.60 Å². The molecule has 1 N–H and O–H groups in total. The first-order chi connectivity index (χ1) is 7.05. The lowest BCUT2D eigenvalue weighted by Gasteiger charge is -2.28. The first-order valence-corrected chi connectivity index (χ1v) is 6.43. The van der Waals surface area contributed by atoms with Crippen molar-refractivity contribution in [1.82, 2.24) is 5.32 Å². The molecule has 1 atom stereocenters. The summed E-state index contributed by atoms with van der Waals surface area (Å²) >= 11 is 0. The first kappa shape index (κ1) is 14.9. The van der Waals surface area contributed by atoms with Crippen molar-refractivity contribution in [2.75, 3.05) is 13.2 Å². The number of hydrogen-bond donors (Lipinski definition) is 1. The molecule has 0 aromatic heterocycles. The summed E-state index contributed by atoms with van der Waals surface area (Å²) < 4.78 is 5.67. The van der Waals surface area contributed by atoms with E-state index in [0.717, 1.165) is 13.2 Å². The molecule has 0 amide bonds. The molecule has 2 nitrogen and oxygen atoms in total. The Morgan fingerprint density at radius 2 is 1.87 bits per heavy atom. The molecule has 2 heteroatoms. The zero-order chi connectivity index (χ0) is 11.7. The van der Waals surface area contributed by atoms with Crippen molar-refractivity contribution in [2.45, 2.75) is 71.9 Å². The van der Waals surface area contributed by atoms with E-state index in [1.807, 2.05) is 0 Å². The van der Waals surface area contributed by atoms with Gasteiger partial charge in [0.2, 0.25) is 0 Å². The molecule has 0 radical (unpaired) electrons. The second-order valence-corrected chi connectivity index (χ2v) is 4.82. The summed E-state index contributed by atoms with van der Waals surface area (Å²) in [6.07, 6.45) is 5.10. The molecule has 0 heterocycles. The van der Waals surface area contributed by atoms with E-state index >= 15 is 0 Å². The van der Waals surface area contributed by atoms with E-state index in [9.17, 15) is 0 Å². The Bertz CT molecular complexity index is 145. The van der Waals surface area contributed by atoms with Crippen molar-refractivity contribution < 1.29 is 4.74 Å². The highest BCUT2D eigenvalue weighted by Crippen LogP contribution is 2.10. The van der Waals surface area contributed by atoms with Gasteiger partial charge >= 0.3 is 0 Å². The Kier molecular flexibility index (Phi) is 8.07. The molecule has 1 unspecified atom stereocenters. The topological polar surface area (TPSA) is 21.3 Å². The molecule has 0 fully saturated rings. The molecule has 0 saturated carbocycles. The minimum Gasteiger partial charge on any atom is -0.375 e. The van der Waals surface area contributed by atoms with Crippen molar-refractivity contribution in [3.8, 4) is 0 Å². The van der Waals surface area contributed by atoms with Crippen molar-refractivity contribution in [3.05, 3.63) is 0 Å². The third-order valence-electron chi connectivity index (χ3n) is 2.75. The van der Waals surface area contributed by atoms with Crippen LogP contribution in [-0.2, 0) is 4.74 Å². The summed E-state index contributed by atoms with van der Waals surface area (Å²) in [5, 5.41) is 3.60. The zero-order valence-corrected chi connectivity index (χ0v) is 11.2. The van der Waals surface area contributed by atoms with Crippen LogP contribution in [-0.4, -0.2) is 24.8 Å². The van der Waals surface area contributed by atoms with Crippen molar-refractivity contribution in [3.63, 3.8) is 0 Å². The summed E-state index contributed by atoms with van der Waals surface area (Å²) in [5.41, 5.74) is -0.0333. The van der Waals surface area contributed by atoms with Crippen LogP contribution in [0.15, 0.2) is 0 Å². The van der Waals surface area contributed by atoms with Crippen molar-refractivity contribution in [1.29, 1.82) is 0 Å². The Labute approximate surface area is 95.8 Å². The summed E-state index contributed by atoms with van der Waals surface area (Å²) in [6.45, 7) is 12.6. The molecule has 0 aliphatic heterocycles. The Morgan fingerprint density at radius 1 is 1.20 bits per heavy atom. The van der Waals surface area contributed by atoms with Crippen LogP contribution < -0.4 is 5.32 Å². The fourth-order valence-electron chi connectivity index (χ4n) is 1.73. The molecule has 0 aromatic carbocycles. The molecule has 15 heavy (non-hydrogen) atoms. The summed E-state index contributed by atoms with van der Waals surface area (Å²) in [7, 11) is 0. The van der Waals surface area contributed by atoms with Gasteiger partial charge in [-0.15, -0.1) is 0 Å². The number of unbranched alkanes of at least 4 members (excludes halogenated alkanes) is 1. The lowest BCUT2D eigenvalue weighted by molar-refractivity contribution is -0.0108. The third-order valence-corrected chi connectivity index (χ3v) is 2.75. The van der Waals surface area contributed by atoms with Gasteiger partial charge in [0.15, 0.2) is 0 Å².